The van der Waals surface area contributed by atoms with Crippen LogP contribution in [0.3, 0.4) is 0 Å². The van der Waals surface area contributed by atoms with Gasteiger partial charge in [-0.3, -0.25) is 4.79 Å². The standard InChI is InChI=1S/C17H20N2O4/c1-10(2)13-5-7-14(8-6-13)17(21)22-12(4)16(20)18-15-9-11(3)23-19-15/h5-10,12H,1-4H3,(H,18,19,20)/t12-/m1/s1. The quantitative estimate of drug-likeness (QED) is 0.856. The van der Waals surface area contributed by atoms with Crippen LogP contribution in [0.5, 0.6) is 0 Å². The Balaban J connectivity index is 1.94. The molecule has 1 amide bonds. The van der Waals surface area contributed by atoms with Crippen LogP contribution in [0.15, 0.2) is 34.9 Å². The topological polar surface area (TPSA) is 81.4 Å². The normalized spacial score (nSPS) is 12.0. The van der Waals surface area contributed by atoms with Gasteiger partial charge in [0, 0.05) is 6.07 Å². The van der Waals surface area contributed by atoms with Crippen LogP contribution < -0.4 is 5.32 Å². The van der Waals surface area contributed by atoms with Crippen LogP contribution in [0.1, 0.15) is 48.4 Å². The van der Waals surface area contributed by atoms with Crippen LogP contribution in [0.25, 0.3) is 0 Å². The Morgan fingerprint density at radius 2 is 1.83 bits per heavy atom. The fourth-order valence-electron chi connectivity index (χ4n) is 1.94. The van der Waals surface area contributed by atoms with E-state index in [1.807, 2.05) is 12.1 Å². The molecule has 122 valence electrons. The molecular weight excluding hydrogens is 296 g/mol. The fourth-order valence-corrected chi connectivity index (χ4v) is 1.94. The van der Waals surface area contributed by atoms with E-state index >= 15 is 0 Å². The first-order valence-electron chi connectivity index (χ1n) is 7.42. The molecule has 0 saturated heterocycles. The molecule has 23 heavy (non-hydrogen) atoms. The molecule has 1 aromatic heterocycles. The molecule has 1 atom stereocenters. The number of hydrogen-bond acceptors (Lipinski definition) is 5. The number of carbonyl (C=O) groups is 2. The molecule has 0 aliphatic heterocycles. The van der Waals surface area contributed by atoms with Gasteiger partial charge in [0.25, 0.3) is 5.91 Å². The zero-order chi connectivity index (χ0) is 17.0. The van der Waals surface area contributed by atoms with Crippen LogP contribution in [0.2, 0.25) is 0 Å². The average Bonchev–Trinajstić information content (AvgIpc) is 2.92. The maximum atomic E-state index is 12.1. The van der Waals surface area contributed by atoms with Crippen molar-refractivity contribution in [2.45, 2.75) is 39.7 Å². The molecule has 0 radical (unpaired) electrons. The third kappa shape index (κ3) is 4.42. The van der Waals surface area contributed by atoms with Crippen molar-refractivity contribution in [2.75, 3.05) is 5.32 Å². The van der Waals surface area contributed by atoms with Crippen molar-refractivity contribution in [3.63, 3.8) is 0 Å². The van der Waals surface area contributed by atoms with Crippen molar-refractivity contribution in [3.8, 4) is 0 Å². The molecule has 1 N–H and O–H groups in total. The molecule has 6 heteroatoms. The molecule has 0 bridgehead atoms. The van der Waals surface area contributed by atoms with Gasteiger partial charge < -0.3 is 14.6 Å². The minimum Gasteiger partial charge on any atom is -0.449 e. The third-order valence-corrected chi connectivity index (χ3v) is 3.35. The number of aromatic nitrogens is 1. The summed E-state index contributed by atoms with van der Waals surface area (Å²) in [6, 6.07) is 8.73. The number of amides is 1. The van der Waals surface area contributed by atoms with Crippen molar-refractivity contribution < 1.29 is 18.8 Å². The number of hydrogen-bond donors (Lipinski definition) is 1. The SMILES string of the molecule is Cc1cc(NC(=O)[C@@H](C)OC(=O)c2ccc(C(C)C)cc2)no1. The number of ether oxygens (including phenoxy) is 1. The average molecular weight is 316 g/mol. The van der Waals surface area contributed by atoms with Gasteiger partial charge in [0.05, 0.1) is 5.56 Å². The Labute approximate surface area is 134 Å². The lowest BCUT2D eigenvalue weighted by atomic mass is 10.0. The van der Waals surface area contributed by atoms with Crippen molar-refractivity contribution in [1.82, 2.24) is 5.16 Å². The number of aryl methyl sites for hydroxylation is 1. The number of anilines is 1. The minimum atomic E-state index is -0.940. The van der Waals surface area contributed by atoms with E-state index in [0.29, 0.717) is 17.2 Å². The second-order valence-electron chi connectivity index (χ2n) is 5.64. The highest BCUT2D eigenvalue weighted by molar-refractivity contribution is 5.96. The molecular formula is C17H20N2O4. The number of nitrogens with one attached hydrogen (secondary N) is 1. The van der Waals surface area contributed by atoms with Gasteiger partial charge in [0.2, 0.25) is 0 Å². The van der Waals surface area contributed by atoms with E-state index in [0.717, 1.165) is 5.56 Å². The molecule has 2 aromatic rings. The molecule has 1 heterocycles. The molecule has 0 aliphatic carbocycles. The van der Waals surface area contributed by atoms with Crippen molar-refractivity contribution >= 4 is 17.7 Å². The first kappa shape index (κ1) is 16.7. The van der Waals surface area contributed by atoms with E-state index < -0.39 is 18.0 Å². The lowest BCUT2D eigenvalue weighted by Gasteiger charge is -2.13. The Morgan fingerprint density at radius 3 is 2.35 bits per heavy atom. The molecule has 2 rings (SSSR count). The van der Waals surface area contributed by atoms with Gasteiger partial charge in [-0.05, 0) is 37.5 Å². The largest absolute Gasteiger partial charge is 0.449 e. The first-order valence-corrected chi connectivity index (χ1v) is 7.42. The van der Waals surface area contributed by atoms with Gasteiger partial charge in [-0.2, -0.15) is 0 Å². The predicted octanol–water partition coefficient (Wildman–Crippen LogP) is 3.29. The van der Waals surface area contributed by atoms with E-state index in [2.05, 4.69) is 24.3 Å². The molecule has 6 nitrogen and oxygen atoms in total. The molecule has 0 fully saturated rings. The summed E-state index contributed by atoms with van der Waals surface area (Å²) in [5.41, 5.74) is 1.54. The van der Waals surface area contributed by atoms with Gasteiger partial charge >= 0.3 is 5.97 Å². The first-order chi connectivity index (χ1) is 10.9. The summed E-state index contributed by atoms with van der Waals surface area (Å²) in [6.07, 6.45) is -0.940. The Morgan fingerprint density at radius 1 is 1.17 bits per heavy atom. The summed E-state index contributed by atoms with van der Waals surface area (Å²) in [5, 5.41) is 6.18. The number of nitrogens with zero attached hydrogens (tertiary/aromatic N) is 1. The smallest absolute Gasteiger partial charge is 0.338 e. The van der Waals surface area contributed by atoms with Crippen molar-refractivity contribution in [1.29, 1.82) is 0 Å². The predicted molar refractivity (Wildman–Crippen MR) is 85.3 cm³/mol. The van der Waals surface area contributed by atoms with Crippen LogP contribution in [0.4, 0.5) is 5.82 Å². The molecule has 0 saturated carbocycles. The summed E-state index contributed by atoms with van der Waals surface area (Å²) in [4.78, 5) is 24.0. The number of esters is 1. The zero-order valence-electron chi connectivity index (χ0n) is 13.6. The van der Waals surface area contributed by atoms with E-state index in [9.17, 15) is 9.59 Å². The second-order valence-corrected chi connectivity index (χ2v) is 5.64. The lowest BCUT2D eigenvalue weighted by Crippen LogP contribution is -2.30. The number of benzene rings is 1. The molecule has 0 unspecified atom stereocenters. The van der Waals surface area contributed by atoms with E-state index in [1.54, 1.807) is 25.1 Å². The van der Waals surface area contributed by atoms with E-state index in [-0.39, 0.29) is 5.82 Å². The van der Waals surface area contributed by atoms with Crippen LogP contribution >= 0.6 is 0 Å². The highest BCUT2D eigenvalue weighted by Gasteiger charge is 2.20. The van der Waals surface area contributed by atoms with E-state index in [1.165, 1.54) is 6.92 Å². The maximum absolute atomic E-state index is 12.1. The van der Waals surface area contributed by atoms with Gasteiger partial charge in [0.15, 0.2) is 11.9 Å². The van der Waals surface area contributed by atoms with Crippen molar-refractivity contribution in [2.24, 2.45) is 0 Å². The third-order valence-electron chi connectivity index (χ3n) is 3.35. The highest BCUT2D eigenvalue weighted by atomic mass is 16.5. The molecule has 1 aromatic carbocycles. The Bertz CT molecular complexity index is 689. The second kappa shape index (κ2) is 7.09. The summed E-state index contributed by atoms with van der Waals surface area (Å²) in [5.74, 6) is 0.243. The summed E-state index contributed by atoms with van der Waals surface area (Å²) in [7, 11) is 0. The summed E-state index contributed by atoms with van der Waals surface area (Å²) >= 11 is 0. The molecule has 0 aliphatic rings. The Kier molecular flexibility index (Phi) is 5.16. The summed E-state index contributed by atoms with van der Waals surface area (Å²) in [6.45, 7) is 7.37. The number of carbonyl (C=O) groups excluding carboxylic acids is 2. The monoisotopic (exact) mass is 316 g/mol. The van der Waals surface area contributed by atoms with Crippen LogP contribution in [0, 0.1) is 6.92 Å². The van der Waals surface area contributed by atoms with Gasteiger partial charge in [-0.25, -0.2) is 4.79 Å². The minimum absolute atomic E-state index is 0.289. The van der Waals surface area contributed by atoms with Gasteiger partial charge in [-0.1, -0.05) is 31.1 Å². The fraction of sp³-hybridized carbons (Fsp3) is 0.353. The zero-order valence-corrected chi connectivity index (χ0v) is 13.6. The van der Waals surface area contributed by atoms with Gasteiger partial charge in [0.1, 0.15) is 5.76 Å². The molecule has 0 spiro atoms. The number of rotatable bonds is 5. The lowest BCUT2D eigenvalue weighted by molar-refractivity contribution is -0.123. The van der Waals surface area contributed by atoms with Crippen molar-refractivity contribution in [3.05, 3.63) is 47.2 Å². The van der Waals surface area contributed by atoms with E-state index in [4.69, 9.17) is 9.26 Å². The summed E-state index contributed by atoms with van der Waals surface area (Å²) < 4.78 is 10.0. The Hall–Kier alpha value is -2.63. The van der Waals surface area contributed by atoms with Gasteiger partial charge in [-0.15, -0.1) is 0 Å². The van der Waals surface area contributed by atoms with Crippen LogP contribution in [-0.2, 0) is 9.53 Å². The highest BCUT2D eigenvalue weighted by Crippen LogP contribution is 2.16. The van der Waals surface area contributed by atoms with Crippen LogP contribution in [-0.4, -0.2) is 23.1 Å². The maximum Gasteiger partial charge on any atom is 0.338 e.